The number of aliphatic hydroxyl groups is 1. The fourth-order valence-electron chi connectivity index (χ4n) is 2.01. The predicted molar refractivity (Wildman–Crippen MR) is 66.0 cm³/mol. The van der Waals surface area contributed by atoms with Crippen molar-refractivity contribution in [3.8, 4) is 5.75 Å². The lowest BCUT2D eigenvalue weighted by Crippen LogP contribution is -2.30. The molecule has 96 valence electrons. The normalized spacial score (nSPS) is 14.0. The molecule has 1 aromatic rings. The molecule has 1 aromatic carbocycles. The number of amides is 1. The summed E-state index contributed by atoms with van der Waals surface area (Å²) < 4.78 is 5.04. The van der Waals surface area contributed by atoms with Crippen molar-refractivity contribution in [2.24, 2.45) is 0 Å². The number of hydrogen-bond donors (Lipinski definition) is 1. The zero-order valence-corrected chi connectivity index (χ0v) is 10.2. The van der Waals surface area contributed by atoms with Crippen molar-refractivity contribution < 1.29 is 19.4 Å². The Morgan fingerprint density at radius 3 is 2.72 bits per heavy atom. The third kappa shape index (κ3) is 2.09. The maximum atomic E-state index is 11.8. The number of ketones is 1. The van der Waals surface area contributed by atoms with Gasteiger partial charge in [0.25, 0.3) is 11.7 Å². The summed E-state index contributed by atoms with van der Waals surface area (Å²) in [6, 6.07) is 5.03. The van der Waals surface area contributed by atoms with Crippen LogP contribution in [0.3, 0.4) is 0 Å². The molecule has 0 atom stereocenters. The fraction of sp³-hybridized carbons (Fsp3) is 0.385. The van der Waals surface area contributed by atoms with Crippen LogP contribution >= 0.6 is 0 Å². The van der Waals surface area contributed by atoms with Crippen LogP contribution in [-0.4, -0.2) is 37.1 Å². The van der Waals surface area contributed by atoms with Crippen LogP contribution in [0.15, 0.2) is 18.2 Å². The van der Waals surface area contributed by atoms with Gasteiger partial charge in [0.15, 0.2) is 0 Å². The molecule has 0 saturated carbocycles. The average Bonchev–Trinajstić information content (AvgIpc) is 2.63. The molecule has 0 fully saturated rings. The Morgan fingerprint density at radius 2 is 2.06 bits per heavy atom. The Labute approximate surface area is 105 Å². The average molecular weight is 249 g/mol. The predicted octanol–water partition coefficient (Wildman–Crippen LogP) is 0.997. The Balaban J connectivity index is 2.26. The number of benzene rings is 1. The highest BCUT2D eigenvalue weighted by atomic mass is 16.5. The van der Waals surface area contributed by atoms with Gasteiger partial charge >= 0.3 is 0 Å². The number of unbranched alkanes of at least 4 members (excludes halogenated alkanes) is 1. The number of fused-ring (bicyclic) bond motifs is 1. The van der Waals surface area contributed by atoms with Gasteiger partial charge in [-0.3, -0.25) is 9.59 Å². The molecule has 0 saturated heterocycles. The van der Waals surface area contributed by atoms with Gasteiger partial charge in [-0.1, -0.05) is 0 Å². The van der Waals surface area contributed by atoms with Gasteiger partial charge in [0.05, 0.1) is 18.4 Å². The van der Waals surface area contributed by atoms with Crippen LogP contribution < -0.4 is 9.64 Å². The number of ether oxygens (including phenoxy) is 1. The quantitative estimate of drug-likeness (QED) is 0.624. The molecule has 0 radical (unpaired) electrons. The van der Waals surface area contributed by atoms with Gasteiger partial charge in [-0.25, -0.2) is 0 Å². The van der Waals surface area contributed by atoms with Crippen molar-refractivity contribution >= 4 is 17.4 Å². The second-order valence-corrected chi connectivity index (χ2v) is 4.10. The van der Waals surface area contributed by atoms with Crippen molar-refractivity contribution in [2.75, 3.05) is 25.2 Å². The summed E-state index contributed by atoms with van der Waals surface area (Å²) in [6.45, 7) is 0.538. The van der Waals surface area contributed by atoms with E-state index in [4.69, 9.17) is 9.84 Å². The lowest BCUT2D eigenvalue weighted by Gasteiger charge is -2.16. The summed E-state index contributed by atoms with van der Waals surface area (Å²) in [6.07, 6.45) is 1.28. The number of rotatable bonds is 5. The van der Waals surface area contributed by atoms with E-state index >= 15 is 0 Å². The summed E-state index contributed by atoms with van der Waals surface area (Å²) in [5.74, 6) is -0.434. The molecule has 1 amide bonds. The van der Waals surface area contributed by atoms with Crippen molar-refractivity contribution in [3.05, 3.63) is 23.8 Å². The molecule has 1 aliphatic rings. The van der Waals surface area contributed by atoms with Gasteiger partial charge in [-0.05, 0) is 31.0 Å². The van der Waals surface area contributed by atoms with Crippen molar-refractivity contribution in [2.45, 2.75) is 12.8 Å². The van der Waals surface area contributed by atoms with Crippen LogP contribution in [0.4, 0.5) is 5.69 Å². The lowest BCUT2D eigenvalue weighted by molar-refractivity contribution is -0.114. The number of hydrogen-bond acceptors (Lipinski definition) is 4. The number of Topliss-reactive ketones (excluding diaryl/α,β-unsaturated/α-hetero) is 1. The second kappa shape index (κ2) is 5.18. The Hall–Kier alpha value is -1.88. The zero-order valence-electron chi connectivity index (χ0n) is 10.2. The molecule has 0 bridgehead atoms. The molecule has 0 spiro atoms. The van der Waals surface area contributed by atoms with E-state index in [1.165, 1.54) is 12.0 Å². The van der Waals surface area contributed by atoms with Gasteiger partial charge in [0.2, 0.25) is 0 Å². The highest BCUT2D eigenvalue weighted by Gasteiger charge is 2.35. The van der Waals surface area contributed by atoms with Crippen LogP contribution in [0.2, 0.25) is 0 Å². The number of anilines is 1. The summed E-state index contributed by atoms with van der Waals surface area (Å²) in [5, 5.41) is 8.73. The van der Waals surface area contributed by atoms with E-state index in [0.29, 0.717) is 36.4 Å². The minimum Gasteiger partial charge on any atom is -0.497 e. The van der Waals surface area contributed by atoms with E-state index in [1.54, 1.807) is 18.2 Å². The largest absolute Gasteiger partial charge is 0.497 e. The SMILES string of the molecule is COc1ccc2c(c1)C(=O)C(=O)N2CCCCO. The van der Waals surface area contributed by atoms with Gasteiger partial charge < -0.3 is 14.7 Å². The van der Waals surface area contributed by atoms with Crippen LogP contribution in [0.5, 0.6) is 5.75 Å². The van der Waals surface area contributed by atoms with E-state index < -0.39 is 11.7 Å². The summed E-state index contributed by atoms with van der Waals surface area (Å²) in [5.41, 5.74) is 1.02. The minimum atomic E-state index is -0.504. The molecule has 1 heterocycles. The second-order valence-electron chi connectivity index (χ2n) is 4.10. The molecule has 1 N–H and O–H groups in total. The molecule has 2 rings (SSSR count). The van der Waals surface area contributed by atoms with Crippen molar-refractivity contribution in [1.82, 2.24) is 0 Å². The van der Waals surface area contributed by atoms with Crippen LogP contribution in [0, 0.1) is 0 Å². The lowest BCUT2D eigenvalue weighted by atomic mass is 10.1. The van der Waals surface area contributed by atoms with Gasteiger partial charge in [-0.2, -0.15) is 0 Å². The standard InChI is InChI=1S/C13H15NO4/c1-18-9-4-5-11-10(8-9)12(16)13(17)14(11)6-2-3-7-15/h4-5,8,15H,2-3,6-7H2,1H3. The first-order chi connectivity index (χ1) is 8.69. The third-order valence-electron chi connectivity index (χ3n) is 2.97. The molecule has 0 aromatic heterocycles. The maximum absolute atomic E-state index is 11.8. The molecule has 18 heavy (non-hydrogen) atoms. The Kier molecular flexibility index (Phi) is 3.62. The number of carbonyl (C=O) groups is 2. The van der Waals surface area contributed by atoms with Gasteiger partial charge in [0.1, 0.15) is 5.75 Å². The number of aliphatic hydroxyl groups excluding tert-OH is 1. The number of carbonyl (C=O) groups excluding carboxylic acids is 2. The smallest absolute Gasteiger partial charge is 0.299 e. The zero-order chi connectivity index (χ0) is 13.1. The van der Waals surface area contributed by atoms with Crippen molar-refractivity contribution in [3.63, 3.8) is 0 Å². The first-order valence-corrected chi connectivity index (χ1v) is 5.84. The van der Waals surface area contributed by atoms with Gasteiger partial charge in [-0.15, -0.1) is 0 Å². The van der Waals surface area contributed by atoms with Gasteiger partial charge in [0, 0.05) is 13.2 Å². The topological polar surface area (TPSA) is 66.8 Å². The summed E-state index contributed by atoms with van der Waals surface area (Å²) >= 11 is 0. The van der Waals surface area contributed by atoms with E-state index in [-0.39, 0.29) is 6.61 Å². The molecule has 5 heteroatoms. The molecular weight excluding hydrogens is 234 g/mol. The van der Waals surface area contributed by atoms with E-state index in [9.17, 15) is 9.59 Å². The van der Waals surface area contributed by atoms with Crippen LogP contribution in [0.25, 0.3) is 0 Å². The molecule has 5 nitrogen and oxygen atoms in total. The first kappa shape index (κ1) is 12.6. The molecule has 0 unspecified atom stereocenters. The van der Waals surface area contributed by atoms with E-state index in [1.807, 2.05) is 0 Å². The van der Waals surface area contributed by atoms with Crippen LogP contribution in [-0.2, 0) is 4.79 Å². The minimum absolute atomic E-state index is 0.0887. The summed E-state index contributed by atoms with van der Waals surface area (Å²) in [7, 11) is 1.52. The molecular formula is C13H15NO4. The number of nitrogens with zero attached hydrogens (tertiary/aromatic N) is 1. The maximum Gasteiger partial charge on any atom is 0.299 e. The first-order valence-electron chi connectivity index (χ1n) is 5.84. The van der Waals surface area contributed by atoms with Crippen LogP contribution in [0.1, 0.15) is 23.2 Å². The monoisotopic (exact) mass is 249 g/mol. The molecule has 0 aliphatic carbocycles. The molecule has 1 aliphatic heterocycles. The fourth-order valence-corrected chi connectivity index (χ4v) is 2.01. The highest BCUT2D eigenvalue weighted by Crippen LogP contribution is 2.32. The highest BCUT2D eigenvalue weighted by molar-refractivity contribution is 6.52. The van der Waals surface area contributed by atoms with E-state index in [2.05, 4.69) is 0 Å². The number of methoxy groups -OCH3 is 1. The third-order valence-corrected chi connectivity index (χ3v) is 2.97. The Morgan fingerprint density at radius 1 is 1.28 bits per heavy atom. The summed E-state index contributed by atoms with van der Waals surface area (Å²) in [4.78, 5) is 25.1. The van der Waals surface area contributed by atoms with Crippen molar-refractivity contribution in [1.29, 1.82) is 0 Å². The Bertz CT molecular complexity index is 484. The van der Waals surface area contributed by atoms with E-state index in [0.717, 1.165) is 0 Å².